The number of aryl methyl sites for hydroxylation is 1. The molecule has 0 bridgehead atoms. The van der Waals surface area contributed by atoms with Crippen LogP contribution in [0.2, 0.25) is 0 Å². The Hall–Kier alpha value is -2.40. The van der Waals surface area contributed by atoms with Gasteiger partial charge in [-0.2, -0.15) is 0 Å². The van der Waals surface area contributed by atoms with E-state index < -0.39 is 0 Å². The van der Waals surface area contributed by atoms with Crippen LogP contribution in [0, 0.1) is 12.7 Å². The number of amides is 1. The lowest BCUT2D eigenvalue weighted by atomic mass is 10.1. The maximum Gasteiger partial charge on any atom is 0.221 e. The fourth-order valence-corrected chi connectivity index (χ4v) is 3.45. The SMILES string of the molecule is Cc1ccc2c(c1)CN(CCC(=O)NC(C)c1ccc(F)cc1)CC(C)O2. The number of fused-ring (bicyclic) bond motifs is 1. The average molecular weight is 370 g/mol. The summed E-state index contributed by atoms with van der Waals surface area (Å²) in [6, 6.07) is 12.3. The van der Waals surface area contributed by atoms with Gasteiger partial charge in [-0.25, -0.2) is 4.39 Å². The minimum atomic E-state index is -0.273. The van der Waals surface area contributed by atoms with Crippen LogP contribution in [-0.2, 0) is 11.3 Å². The van der Waals surface area contributed by atoms with Crippen molar-refractivity contribution in [3.8, 4) is 5.75 Å². The largest absolute Gasteiger partial charge is 0.489 e. The number of carbonyl (C=O) groups excluding carboxylic acids is 1. The molecule has 0 aliphatic carbocycles. The number of hydrogen-bond donors (Lipinski definition) is 1. The van der Waals surface area contributed by atoms with Crippen molar-refractivity contribution < 1.29 is 13.9 Å². The molecule has 1 amide bonds. The van der Waals surface area contributed by atoms with Crippen LogP contribution in [0.4, 0.5) is 4.39 Å². The van der Waals surface area contributed by atoms with Gasteiger partial charge in [0.25, 0.3) is 0 Å². The highest BCUT2D eigenvalue weighted by Gasteiger charge is 2.21. The molecule has 2 aromatic carbocycles. The Morgan fingerprint density at radius 2 is 2.04 bits per heavy atom. The number of halogens is 1. The molecule has 2 atom stereocenters. The van der Waals surface area contributed by atoms with E-state index in [-0.39, 0.29) is 23.9 Å². The van der Waals surface area contributed by atoms with Crippen LogP contribution in [0.3, 0.4) is 0 Å². The molecule has 5 heteroatoms. The summed E-state index contributed by atoms with van der Waals surface area (Å²) in [7, 11) is 0. The topological polar surface area (TPSA) is 41.6 Å². The third-order valence-corrected chi connectivity index (χ3v) is 4.86. The molecular weight excluding hydrogens is 343 g/mol. The molecule has 144 valence electrons. The van der Waals surface area contributed by atoms with Gasteiger partial charge in [0.15, 0.2) is 0 Å². The number of ether oxygens (including phenoxy) is 1. The van der Waals surface area contributed by atoms with E-state index in [1.807, 2.05) is 13.0 Å². The van der Waals surface area contributed by atoms with Gasteiger partial charge >= 0.3 is 0 Å². The Labute approximate surface area is 160 Å². The lowest BCUT2D eigenvalue weighted by Gasteiger charge is -2.22. The monoisotopic (exact) mass is 370 g/mol. The van der Waals surface area contributed by atoms with E-state index in [1.165, 1.54) is 23.3 Å². The maximum atomic E-state index is 13.0. The molecule has 0 saturated carbocycles. The molecule has 27 heavy (non-hydrogen) atoms. The summed E-state index contributed by atoms with van der Waals surface area (Å²) in [6.45, 7) is 8.27. The minimum Gasteiger partial charge on any atom is -0.489 e. The molecule has 1 aliphatic heterocycles. The molecular formula is C22H27FN2O2. The molecule has 1 aliphatic rings. The number of carbonyl (C=O) groups is 1. The van der Waals surface area contributed by atoms with Crippen molar-refractivity contribution in [1.29, 1.82) is 0 Å². The first-order chi connectivity index (χ1) is 12.9. The zero-order valence-electron chi connectivity index (χ0n) is 16.2. The zero-order chi connectivity index (χ0) is 19.4. The third-order valence-electron chi connectivity index (χ3n) is 4.86. The van der Waals surface area contributed by atoms with Gasteiger partial charge in [0, 0.05) is 31.6 Å². The van der Waals surface area contributed by atoms with Gasteiger partial charge in [-0.05, 0) is 44.5 Å². The second-order valence-electron chi connectivity index (χ2n) is 7.37. The Kier molecular flexibility index (Phi) is 6.11. The molecule has 0 aromatic heterocycles. The molecule has 4 nitrogen and oxygen atoms in total. The van der Waals surface area contributed by atoms with Crippen molar-refractivity contribution in [3.63, 3.8) is 0 Å². The highest BCUT2D eigenvalue weighted by atomic mass is 19.1. The first-order valence-electron chi connectivity index (χ1n) is 9.44. The fraction of sp³-hybridized carbons (Fsp3) is 0.409. The third kappa shape index (κ3) is 5.30. The standard InChI is InChI=1S/C22H27FN2O2/c1-15-4-9-21-19(12-15)14-25(13-16(2)27-21)11-10-22(26)24-17(3)18-5-7-20(23)8-6-18/h4-9,12,16-17H,10-11,13-14H2,1-3H3,(H,24,26). The van der Waals surface area contributed by atoms with Crippen molar-refractivity contribution in [1.82, 2.24) is 10.2 Å². The second-order valence-corrected chi connectivity index (χ2v) is 7.37. The second kappa shape index (κ2) is 8.53. The molecule has 0 spiro atoms. The van der Waals surface area contributed by atoms with Crippen LogP contribution in [0.25, 0.3) is 0 Å². The van der Waals surface area contributed by atoms with Crippen molar-refractivity contribution in [2.75, 3.05) is 13.1 Å². The Morgan fingerprint density at radius 1 is 1.30 bits per heavy atom. The molecule has 1 N–H and O–H groups in total. The highest BCUT2D eigenvalue weighted by Crippen LogP contribution is 2.26. The van der Waals surface area contributed by atoms with Gasteiger partial charge in [0.2, 0.25) is 5.91 Å². The van der Waals surface area contributed by atoms with Crippen molar-refractivity contribution in [2.24, 2.45) is 0 Å². The first-order valence-corrected chi connectivity index (χ1v) is 9.44. The van der Waals surface area contributed by atoms with Crippen LogP contribution in [0.1, 0.15) is 43.0 Å². The number of nitrogens with zero attached hydrogens (tertiary/aromatic N) is 1. The van der Waals surface area contributed by atoms with Crippen LogP contribution in [-0.4, -0.2) is 30.0 Å². The summed E-state index contributed by atoms with van der Waals surface area (Å²) in [5.74, 6) is 0.657. The van der Waals surface area contributed by atoms with Crippen molar-refractivity contribution in [3.05, 3.63) is 65.0 Å². The normalized spacial score (nSPS) is 18.1. The fourth-order valence-electron chi connectivity index (χ4n) is 3.45. The molecule has 0 saturated heterocycles. The summed E-state index contributed by atoms with van der Waals surface area (Å²) in [5, 5.41) is 2.99. The van der Waals surface area contributed by atoms with Gasteiger partial charge < -0.3 is 10.1 Å². The molecule has 0 fully saturated rings. The first kappa shape index (κ1) is 19.4. The van der Waals surface area contributed by atoms with Crippen molar-refractivity contribution in [2.45, 2.75) is 45.9 Å². The Bertz CT molecular complexity index is 791. The maximum absolute atomic E-state index is 13.0. The lowest BCUT2D eigenvalue weighted by molar-refractivity contribution is -0.122. The predicted octanol–water partition coefficient (Wildman–Crippen LogP) is 3.98. The highest BCUT2D eigenvalue weighted by molar-refractivity contribution is 5.76. The Balaban J connectivity index is 1.55. The van der Waals surface area contributed by atoms with Crippen LogP contribution in [0.5, 0.6) is 5.75 Å². The molecule has 2 unspecified atom stereocenters. The van der Waals surface area contributed by atoms with Gasteiger partial charge in [-0.15, -0.1) is 0 Å². The summed E-state index contributed by atoms with van der Waals surface area (Å²) < 4.78 is 19.0. The summed E-state index contributed by atoms with van der Waals surface area (Å²) >= 11 is 0. The number of hydrogen-bond acceptors (Lipinski definition) is 3. The summed E-state index contributed by atoms with van der Waals surface area (Å²) in [5.41, 5.74) is 3.27. The predicted molar refractivity (Wildman–Crippen MR) is 104 cm³/mol. The van der Waals surface area contributed by atoms with E-state index in [4.69, 9.17) is 4.74 Å². The quantitative estimate of drug-likeness (QED) is 0.865. The number of rotatable bonds is 5. The average Bonchev–Trinajstić information content (AvgIpc) is 2.77. The van der Waals surface area contributed by atoms with E-state index in [2.05, 4.69) is 36.2 Å². The van der Waals surface area contributed by atoms with Gasteiger partial charge in [0.1, 0.15) is 17.7 Å². The van der Waals surface area contributed by atoms with Gasteiger partial charge in [0.05, 0.1) is 6.04 Å². The lowest BCUT2D eigenvalue weighted by Crippen LogP contribution is -2.35. The van der Waals surface area contributed by atoms with E-state index in [9.17, 15) is 9.18 Å². The minimum absolute atomic E-state index is 0.00545. The van der Waals surface area contributed by atoms with E-state index in [0.29, 0.717) is 13.0 Å². The zero-order valence-corrected chi connectivity index (χ0v) is 16.2. The van der Waals surface area contributed by atoms with Crippen LogP contribution < -0.4 is 10.1 Å². The Morgan fingerprint density at radius 3 is 2.78 bits per heavy atom. The van der Waals surface area contributed by atoms with Gasteiger partial charge in [-0.3, -0.25) is 9.69 Å². The summed E-state index contributed by atoms with van der Waals surface area (Å²) in [4.78, 5) is 14.6. The smallest absolute Gasteiger partial charge is 0.221 e. The number of nitrogens with one attached hydrogen (secondary N) is 1. The van der Waals surface area contributed by atoms with E-state index >= 15 is 0 Å². The van der Waals surface area contributed by atoms with Crippen molar-refractivity contribution >= 4 is 5.91 Å². The molecule has 2 aromatic rings. The van der Waals surface area contributed by atoms with Crippen LogP contribution >= 0.6 is 0 Å². The number of benzene rings is 2. The van der Waals surface area contributed by atoms with Gasteiger partial charge in [-0.1, -0.05) is 29.8 Å². The van der Waals surface area contributed by atoms with E-state index in [0.717, 1.165) is 24.4 Å². The molecule has 1 heterocycles. The van der Waals surface area contributed by atoms with Crippen LogP contribution in [0.15, 0.2) is 42.5 Å². The molecule has 0 radical (unpaired) electrons. The summed E-state index contributed by atoms with van der Waals surface area (Å²) in [6.07, 6.45) is 0.495. The molecule has 3 rings (SSSR count). The van der Waals surface area contributed by atoms with E-state index in [1.54, 1.807) is 12.1 Å².